The molecule has 4 heteroatoms. The SMILES string of the molecule is CC(C)c1c[nH]c(=S)n1C1CCN(C)C1. The van der Waals surface area contributed by atoms with E-state index in [-0.39, 0.29) is 0 Å². The van der Waals surface area contributed by atoms with Crippen molar-refractivity contribution in [1.82, 2.24) is 14.5 Å². The molecule has 0 saturated carbocycles. The molecule has 1 aromatic heterocycles. The third kappa shape index (κ3) is 2.01. The van der Waals surface area contributed by atoms with Gasteiger partial charge < -0.3 is 14.5 Å². The van der Waals surface area contributed by atoms with Gasteiger partial charge >= 0.3 is 0 Å². The van der Waals surface area contributed by atoms with Crippen molar-refractivity contribution in [2.45, 2.75) is 32.2 Å². The smallest absolute Gasteiger partial charge is 0.177 e. The van der Waals surface area contributed by atoms with Crippen molar-refractivity contribution in [3.63, 3.8) is 0 Å². The highest BCUT2D eigenvalue weighted by molar-refractivity contribution is 7.71. The number of likely N-dealkylation sites (N-methyl/N-ethyl adjacent to an activating group) is 1. The lowest BCUT2D eigenvalue weighted by Crippen LogP contribution is -2.18. The van der Waals surface area contributed by atoms with E-state index >= 15 is 0 Å². The van der Waals surface area contributed by atoms with Crippen molar-refractivity contribution in [3.05, 3.63) is 16.7 Å². The minimum absolute atomic E-state index is 0.531. The Hall–Kier alpha value is -0.610. The number of hydrogen-bond acceptors (Lipinski definition) is 2. The van der Waals surface area contributed by atoms with Gasteiger partial charge in [-0.25, -0.2) is 0 Å². The highest BCUT2D eigenvalue weighted by Crippen LogP contribution is 2.25. The van der Waals surface area contributed by atoms with E-state index < -0.39 is 0 Å². The van der Waals surface area contributed by atoms with Gasteiger partial charge in [0.25, 0.3) is 0 Å². The zero-order chi connectivity index (χ0) is 11.0. The van der Waals surface area contributed by atoms with Crippen molar-refractivity contribution in [3.8, 4) is 0 Å². The van der Waals surface area contributed by atoms with Crippen LogP contribution in [0.2, 0.25) is 0 Å². The molecule has 0 amide bonds. The molecular formula is C11H19N3S. The van der Waals surface area contributed by atoms with Gasteiger partial charge in [0, 0.05) is 18.4 Å². The van der Waals surface area contributed by atoms with Crippen LogP contribution < -0.4 is 0 Å². The van der Waals surface area contributed by atoms with Gasteiger partial charge in [-0.05, 0) is 38.1 Å². The first kappa shape index (κ1) is 10.9. The van der Waals surface area contributed by atoms with E-state index in [1.807, 2.05) is 0 Å². The van der Waals surface area contributed by atoms with Crippen molar-refractivity contribution < 1.29 is 0 Å². The maximum Gasteiger partial charge on any atom is 0.177 e. The summed E-state index contributed by atoms with van der Waals surface area (Å²) in [6.07, 6.45) is 3.27. The fourth-order valence-electron chi connectivity index (χ4n) is 2.34. The number of H-pyrrole nitrogens is 1. The van der Waals surface area contributed by atoms with Crippen LogP contribution in [0.4, 0.5) is 0 Å². The normalized spacial score (nSPS) is 22.8. The van der Waals surface area contributed by atoms with Crippen LogP contribution in [0.1, 0.15) is 37.9 Å². The summed E-state index contributed by atoms with van der Waals surface area (Å²) in [7, 11) is 2.17. The number of nitrogens with zero attached hydrogens (tertiary/aromatic N) is 2. The van der Waals surface area contributed by atoms with Gasteiger partial charge in [-0.1, -0.05) is 13.8 Å². The van der Waals surface area contributed by atoms with E-state index in [2.05, 4.69) is 41.5 Å². The van der Waals surface area contributed by atoms with Crippen LogP contribution in [0.15, 0.2) is 6.20 Å². The van der Waals surface area contributed by atoms with Gasteiger partial charge in [-0.2, -0.15) is 0 Å². The molecule has 84 valence electrons. The van der Waals surface area contributed by atoms with Crippen LogP contribution >= 0.6 is 12.2 Å². The van der Waals surface area contributed by atoms with Crippen LogP contribution in [0, 0.1) is 4.77 Å². The molecule has 0 spiro atoms. The van der Waals surface area contributed by atoms with E-state index in [4.69, 9.17) is 12.2 Å². The van der Waals surface area contributed by atoms with Gasteiger partial charge in [0.15, 0.2) is 4.77 Å². The molecular weight excluding hydrogens is 206 g/mol. The molecule has 1 aliphatic heterocycles. The maximum atomic E-state index is 5.36. The first-order chi connectivity index (χ1) is 7.09. The second kappa shape index (κ2) is 4.10. The summed E-state index contributed by atoms with van der Waals surface area (Å²) in [6.45, 7) is 6.72. The molecule has 1 atom stereocenters. The summed E-state index contributed by atoms with van der Waals surface area (Å²) in [5.74, 6) is 0.531. The molecule has 15 heavy (non-hydrogen) atoms. The Morgan fingerprint density at radius 2 is 2.27 bits per heavy atom. The first-order valence-electron chi connectivity index (χ1n) is 5.58. The Balaban J connectivity index is 2.34. The second-order valence-electron chi connectivity index (χ2n) is 4.75. The lowest BCUT2D eigenvalue weighted by molar-refractivity contribution is 0.387. The Bertz CT molecular complexity index is 391. The summed E-state index contributed by atoms with van der Waals surface area (Å²) >= 11 is 5.36. The van der Waals surface area contributed by atoms with Crippen molar-refractivity contribution in [1.29, 1.82) is 0 Å². The molecule has 1 unspecified atom stereocenters. The summed E-state index contributed by atoms with van der Waals surface area (Å²) < 4.78 is 3.18. The van der Waals surface area contributed by atoms with Crippen LogP contribution in [-0.4, -0.2) is 34.6 Å². The van der Waals surface area contributed by atoms with Gasteiger partial charge in [0.2, 0.25) is 0 Å². The number of rotatable bonds is 2. The van der Waals surface area contributed by atoms with E-state index in [1.165, 1.54) is 18.7 Å². The minimum atomic E-state index is 0.531. The van der Waals surface area contributed by atoms with Crippen LogP contribution in [0.5, 0.6) is 0 Å². The molecule has 0 bridgehead atoms. The van der Waals surface area contributed by atoms with Crippen LogP contribution in [0.25, 0.3) is 0 Å². The molecule has 2 rings (SSSR count). The highest BCUT2D eigenvalue weighted by Gasteiger charge is 2.24. The standard InChI is InChI=1S/C11H19N3S/c1-8(2)10-6-12-11(15)14(10)9-4-5-13(3)7-9/h6,8-9H,4-5,7H2,1-3H3,(H,12,15). The second-order valence-corrected chi connectivity index (χ2v) is 5.13. The number of aromatic nitrogens is 2. The van der Waals surface area contributed by atoms with Gasteiger partial charge in [0.05, 0.1) is 6.04 Å². The van der Waals surface area contributed by atoms with E-state index in [0.717, 1.165) is 11.3 Å². The molecule has 3 nitrogen and oxygen atoms in total. The summed E-state index contributed by atoms with van der Waals surface area (Å²) in [6, 6.07) is 0.561. The fourth-order valence-corrected chi connectivity index (χ4v) is 2.65. The van der Waals surface area contributed by atoms with Crippen molar-refractivity contribution >= 4 is 12.2 Å². The number of aromatic amines is 1. The molecule has 0 radical (unpaired) electrons. The molecule has 1 fully saturated rings. The van der Waals surface area contributed by atoms with E-state index in [1.54, 1.807) is 0 Å². The predicted octanol–water partition coefficient (Wildman–Crippen LogP) is 2.55. The fraction of sp³-hybridized carbons (Fsp3) is 0.727. The maximum absolute atomic E-state index is 5.36. The number of hydrogen-bond donors (Lipinski definition) is 1. The number of imidazole rings is 1. The van der Waals surface area contributed by atoms with Crippen molar-refractivity contribution in [2.75, 3.05) is 20.1 Å². The predicted molar refractivity (Wildman–Crippen MR) is 64.9 cm³/mol. The lowest BCUT2D eigenvalue weighted by atomic mass is 10.1. The topological polar surface area (TPSA) is 24.0 Å². The third-order valence-electron chi connectivity index (χ3n) is 3.16. The Morgan fingerprint density at radius 1 is 1.53 bits per heavy atom. The van der Waals surface area contributed by atoms with Crippen LogP contribution in [0.3, 0.4) is 0 Å². The molecule has 1 aliphatic rings. The zero-order valence-electron chi connectivity index (χ0n) is 9.66. The summed E-state index contributed by atoms with van der Waals surface area (Å²) in [5.41, 5.74) is 1.33. The molecule has 2 heterocycles. The monoisotopic (exact) mass is 225 g/mol. The minimum Gasteiger partial charge on any atom is -0.337 e. The largest absolute Gasteiger partial charge is 0.337 e. The third-order valence-corrected chi connectivity index (χ3v) is 3.48. The van der Waals surface area contributed by atoms with Crippen LogP contribution in [-0.2, 0) is 0 Å². The average Bonchev–Trinajstić information content (AvgIpc) is 2.71. The molecule has 1 N–H and O–H groups in total. The van der Waals surface area contributed by atoms with Gasteiger partial charge in [-0.3, -0.25) is 0 Å². The van der Waals surface area contributed by atoms with E-state index in [0.29, 0.717) is 12.0 Å². The molecule has 1 saturated heterocycles. The van der Waals surface area contributed by atoms with Gasteiger partial charge in [-0.15, -0.1) is 0 Å². The first-order valence-corrected chi connectivity index (χ1v) is 5.98. The number of likely N-dealkylation sites (tertiary alicyclic amines) is 1. The molecule has 0 aliphatic carbocycles. The van der Waals surface area contributed by atoms with E-state index in [9.17, 15) is 0 Å². The molecule has 0 aromatic carbocycles. The molecule has 1 aromatic rings. The highest BCUT2D eigenvalue weighted by atomic mass is 32.1. The summed E-state index contributed by atoms with van der Waals surface area (Å²) in [5, 5.41) is 0. The summed E-state index contributed by atoms with van der Waals surface area (Å²) in [4.78, 5) is 5.53. The van der Waals surface area contributed by atoms with Gasteiger partial charge in [0.1, 0.15) is 0 Å². The Kier molecular flexibility index (Phi) is 2.98. The quantitative estimate of drug-likeness (QED) is 0.782. The Morgan fingerprint density at radius 3 is 2.80 bits per heavy atom. The Labute approximate surface area is 96.1 Å². The zero-order valence-corrected chi connectivity index (χ0v) is 10.5. The average molecular weight is 225 g/mol. The van der Waals surface area contributed by atoms with Crippen molar-refractivity contribution in [2.24, 2.45) is 0 Å². The lowest BCUT2D eigenvalue weighted by Gasteiger charge is -2.17. The number of nitrogens with one attached hydrogen (secondary N) is 1.